The van der Waals surface area contributed by atoms with Gasteiger partial charge in [0, 0.05) is 5.56 Å². The molecule has 15 heavy (non-hydrogen) atoms. The SMILES string of the molecule is N[C@H](CO)c1ccccc1OC(F)(F)F. The Kier molecular flexibility index (Phi) is 3.54. The number of aliphatic hydroxyl groups excluding tert-OH is 1. The molecule has 0 amide bonds. The second-order valence-electron chi connectivity index (χ2n) is 2.87. The van der Waals surface area contributed by atoms with E-state index in [1.54, 1.807) is 0 Å². The molecule has 0 aliphatic carbocycles. The molecule has 0 radical (unpaired) electrons. The van der Waals surface area contributed by atoms with Crippen LogP contribution in [-0.2, 0) is 0 Å². The minimum atomic E-state index is -4.76. The molecular weight excluding hydrogens is 211 g/mol. The zero-order valence-electron chi connectivity index (χ0n) is 7.66. The van der Waals surface area contributed by atoms with E-state index in [4.69, 9.17) is 10.8 Å². The Bertz CT molecular complexity index is 327. The van der Waals surface area contributed by atoms with Crippen molar-refractivity contribution in [3.05, 3.63) is 29.8 Å². The smallest absolute Gasteiger partial charge is 0.405 e. The van der Waals surface area contributed by atoms with Gasteiger partial charge in [-0.1, -0.05) is 18.2 Å². The highest BCUT2D eigenvalue weighted by Gasteiger charge is 2.32. The number of ether oxygens (including phenoxy) is 1. The van der Waals surface area contributed by atoms with E-state index in [0.717, 1.165) is 6.07 Å². The van der Waals surface area contributed by atoms with Crippen molar-refractivity contribution in [1.82, 2.24) is 0 Å². The fourth-order valence-corrected chi connectivity index (χ4v) is 1.10. The zero-order chi connectivity index (χ0) is 11.5. The standard InChI is InChI=1S/C9H10F3NO2/c10-9(11,12)15-8-4-2-1-3-6(8)7(13)5-14/h1-4,7,14H,5,13H2/t7-/m1/s1. The summed E-state index contributed by atoms with van der Waals surface area (Å²) in [5.74, 6) is -0.383. The van der Waals surface area contributed by atoms with E-state index in [2.05, 4.69) is 4.74 Å². The lowest BCUT2D eigenvalue weighted by molar-refractivity contribution is -0.275. The predicted molar refractivity (Wildman–Crippen MR) is 47.1 cm³/mol. The van der Waals surface area contributed by atoms with Crippen molar-refractivity contribution in [3.8, 4) is 5.75 Å². The van der Waals surface area contributed by atoms with E-state index in [9.17, 15) is 13.2 Å². The van der Waals surface area contributed by atoms with Gasteiger partial charge in [-0.15, -0.1) is 13.2 Å². The molecule has 1 aromatic carbocycles. The predicted octanol–water partition coefficient (Wildman–Crippen LogP) is 1.58. The summed E-state index contributed by atoms with van der Waals surface area (Å²) >= 11 is 0. The van der Waals surface area contributed by atoms with Gasteiger partial charge in [0.1, 0.15) is 5.75 Å². The molecule has 3 nitrogen and oxygen atoms in total. The molecule has 84 valence electrons. The monoisotopic (exact) mass is 221 g/mol. The summed E-state index contributed by atoms with van der Waals surface area (Å²) in [4.78, 5) is 0. The van der Waals surface area contributed by atoms with Crippen molar-refractivity contribution < 1.29 is 23.0 Å². The van der Waals surface area contributed by atoms with Gasteiger partial charge in [0.05, 0.1) is 12.6 Å². The lowest BCUT2D eigenvalue weighted by Gasteiger charge is -2.16. The van der Waals surface area contributed by atoms with E-state index < -0.39 is 19.0 Å². The Labute approximate surface area is 84.3 Å². The number of aliphatic hydroxyl groups is 1. The van der Waals surface area contributed by atoms with Crippen LogP contribution in [0.25, 0.3) is 0 Å². The van der Waals surface area contributed by atoms with Crippen molar-refractivity contribution in [2.24, 2.45) is 5.73 Å². The van der Waals surface area contributed by atoms with Crippen molar-refractivity contribution in [2.75, 3.05) is 6.61 Å². The van der Waals surface area contributed by atoms with Crippen LogP contribution >= 0.6 is 0 Å². The van der Waals surface area contributed by atoms with Gasteiger partial charge in [-0.3, -0.25) is 0 Å². The number of benzene rings is 1. The Morgan fingerprint density at radius 1 is 1.33 bits per heavy atom. The van der Waals surface area contributed by atoms with Crippen LogP contribution in [0.2, 0.25) is 0 Å². The normalized spacial score (nSPS) is 13.7. The molecule has 0 fully saturated rings. The molecule has 0 spiro atoms. The quantitative estimate of drug-likeness (QED) is 0.814. The first-order chi connectivity index (χ1) is 6.94. The number of hydrogen-bond donors (Lipinski definition) is 2. The highest BCUT2D eigenvalue weighted by molar-refractivity contribution is 5.35. The van der Waals surface area contributed by atoms with E-state index in [1.807, 2.05) is 0 Å². The number of para-hydroxylation sites is 1. The Morgan fingerprint density at radius 2 is 1.93 bits per heavy atom. The molecule has 1 atom stereocenters. The maximum absolute atomic E-state index is 12.0. The zero-order valence-corrected chi connectivity index (χ0v) is 7.66. The van der Waals surface area contributed by atoms with Crippen molar-refractivity contribution in [1.29, 1.82) is 0 Å². The molecule has 0 saturated carbocycles. The molecule has 0 aliphatic heterocycles. The summed E-state index contributed by atoms with van der Waals surface area (Å²) < 4.78 is 39.7. The molecule has 1 rings (SSSR count). The van der Waals surface area contributed by atoms with Crippen LogP contribution in [0.1, 0.15) is 11.6 Å². The number of hydrogen-bond acceptors (Lipinski definition) is 3. The number of rotatable bonds is 3. The highest BCUT2D eigenvalue weighted by atomic mass is 19.4. The molecule has 0 aliphatic rings. The average Bonchev–Trinajstić information content (AvgIpc) is 2.15. The maximum atomic E-state index is 12.0. The fourth-order valence-electron chi connectivity index (χ4n) is 1.10. The molecule has 0 unspecified atom stereocenters. The lowest BCUT2D eigenvalue weighted by Crippen LogP contribution is -2.21. The highest BCUT2D eigenvalue weighted by Crippen LogP contribution is 2.28. The van der Waals surface area contributed by atoms with Crippen LogP contribution in [0.5, 0.6) is 5.75 Å². The molecule has 0 bridgehead atoms. The summed E-state index contributed by atoms with van der Waals surface area (Å²) in [7, 11) is 0. The first-order valence-corrected chi connectivity index (χ1v) is 4.15. The minimum Gasteiger partial charge on any atom is -0.405 e. The molecule has 0 saturated heterocycles. The molecule has 1 aromatic rings. The second-order valence-corrected chi connectivity index (χ2v) is 2.87. The van der Waals surface area contributed by atoms with Gasteiger partial charge < -0.3 is 15.6 Å². The van der Waals surface area contributed by atoms with Crippen LogP contribution in [0, 0.1) is 0 Å². The van der Waals surface area contributed by atoms with E-state index in [-0.39, 0.29) is 11.3 Å². The molecule has 0 aromatic heterocycles. The summed E-state index contributed by atoms with van der Waals surface area (Å²) in [5, 5.41) is 8.75. The summed E-state index contributed by atoms with van der Waals surface area (Å²) in [5.41, 5.74) is 5.54. The molecular formula is C9H10F3NO2. The van der Waals surface area contributed by atoms with E-state index in [0.29, 0.717) is 0 Å². The fraction of sp³-hybridized carbons (Fsp3) is 0.333. The third kappa shape index (κ3) is 3.41. The van der Waals surface area contributed by atoms with Crippen molar-refractivity contribution in [2.45, 2.75) is 12.4 Å². The first kappa shape index (κ1) is 11.8. The number of halogens is 3. The van der Waals surface area contributed by atoms with Gasteiger partial charge in [0.2, 0.25) is 0 Å². The summed E-state index contributed by atoms with van der Waals surface area (Å²) in [6, 6.07) is 4.56. The second kappa shape index (κ2) is 4.50. The lowest BCUT2D eigenvalue weighted by atomic mass is 10.1. The van der Waals surface area contributed by atoms with Gasteiger partial charge in [-0.05, 0) is 6.07 Å². The number of nitrogens with two attached hydrogens (primary N) is 1. The maximum Gasteiger partial charge on any atom is 0.573 e. The van der Waals surface area contributed by atoms with E-state index >= 15 is 0 Å². The van der Waals surface area contributed by atoms with Crippen LogP contribution in [0.3, 0.4) is 0 Å². The van der Waals surface area contributed by atoms with Gasteiger partial charge in [-0.25, -0.2) is 0 Å². The number of alkyl halides is 3. The van der Waals surface area contributed by atoms with Gasteiger partial charge in [0.15, 0.2) is 0 Å². The van der Waals surface area contributed by atoms with Crippen molar-refractivity contribution in [3.63, 3.8) is 0 Å². The topological polar surface area (TPSA) is 55.5 Å². The van der Waals surface area contributed by atoms with Crippen LogP contribution in [0.15, 0.2) is 24.3 Å². The van der Waals surface area contributed by atoms with Gasteiger partial charge >= 0.3 is 6.36 Å². The molecule has 3 N–H and O–H groups in total. The van der Waals surface area contributed by atoms with Crippen molar-refractivity contribution >= 4 is 0 Å². The Morgan fingerprint density at radius 3 is 2.47 bits per heavy atom. The van der Waals surface area contributed by atoms with Crippen LogP contribution < -0.4 is 10.5 Å². The third-order valence-corrected chi connectivity index (χ3v) is 1.74. The summed E-state index contributed by atoms with van der Waals surface area (Å²) in [6.07, 6.45) is -4.76. The molecule has 0 heterocycles. The largest absolute Gasteiger partial charge is 0.573 e. The third-order valence-electron chi connectivity index (χ3n) is 1.74. The van der Waals surface area contributed by atoms with Crippen LogP contribution in [-0.4, -0.2) is 18.1 Å². The average molecular weight is 221 g/mol. The minimum absolute atomic E-state index is 0.123. The Hall–Kier alpha value is -1.27. The van der Waals surface area contributed by atoms with E-state index in [1.165, 1.54) is 18.2 Å². The summed E-state index contributed by atoms with van der Waals surface area (Å²) in [6.45, 7) is -0.446. The van der Waals surface area contributed by atoms with Gasteiger partial charge in [0.25, 0.3) is 0 Å². The van der Waals surface area contributed by atoms with Gasteiger partial charge in [-0.2, -0.15) is 0 Å². The van der Waals surface area contributed by atoms with Crippen LogP contribution in [0.4, 0.5) is 13.2 Å². The Balaban J connectivity index is 2.96. The molecule has 6 heteroatoms. The first-order valence-electron chi connectivity index (χ1n) is 4.15.